The Labute approximate surface area is 280 Å². The Morgan fingerprint density at radius 3 is 1.26 bits per heavy atom. The van der Waals surface area contributed by atoms with Crippen molar-refractivity contribution in [3.8, 4) is 67.2 Å². The van der Waals surface area contributed by atoms with Crippen LogP contribution in [0.1, 0.15) is 11.1 Å². The summed E-state index contributed by atoms with van der Waals surface area (Å²) in [5.41, 5.74) is 12.3. The first-order valence-electron chi connectivity index (χ1n) is 15.6. The SMILES string of the molecule is C[Si](C)(C)c1ccc2nc(-c3cc(-c4ccc(-c5ccc(C#N)cc5)cc4)cc(-c4ccc(-c5ccc(C#N)cc5)cc4)c3)sc2c1. The summed E-state index contributed by atoms with van der Waals surface area (Å²) in [5.74, 6) is 0. The van der Waals surface area contributed by atoms with Gasteiger partial charge in [0.15, 0.2) is 0 Å². The topological polar surface area (TPSA) is 60.5 Å². The van der Waals surface area contributed by atoms with Gasteiger partial charge in [0, 0.05) is 5.56 Å². The van der Waals surface area contributed by atoms with Gasteiger partial charge in [-0.15, -0.1) is 11.3 Å². The number of hydrogen-bond donors (Lipinski definition) is 0. The van der Waals surface area contributed by atoms with Crippen LogP contribution >= 0.6 is 11.3 Å². The highest BCUT2D eigenvalue weighted by Crippen LogP contribution is 2.37. The van der Waals surface area contributed by atoms with E-state index in [1.807, 2.05) is 48.5 Å². The Morgan fingerprint density at radius 1 is 0.468 bits per heavy atom. The Morgan fingerprint density at radius 2 is 0.851 bits per heavy atom. The first-order valence-corrected chi connectivity index (χ1v) is 19.9. The van der Waals surface area contributed by atoms with Gasteiger partial charge in [-0.2, -0.15) is 10.5 Å². The molecule has 224 valence electrons. The van der Waals surface area contributed by atoms with Crippen molar-refractivity contribution in [1.29, 1.82) is 10.5 Å². The molecular formula is C42H31N3SSi. The van der Waals surface area contributed by atoms with Crippen molar-refractivity contribution in [2.75, 3.05) is 0 Å². The van der Waals surface area contributed by atoms with Crippen molar-refractivity contribution in [3.05, 3.63) is 145 Å². The van der Waals surface area contributed by atoms with Gasteiger partial charge >= 0.3 is 0 Å². The van der Waals surface area contributed by atoms with Gasteiger partial charge in [-0.3, -0.25) is 0 Å². The summed E-state index contributed by atoms with van der Waals surface area (Å²) < 4.78 is 1.23. The van der Waals surface area contributed by atoms with E-state index in [1.165, 1.54) is 9.89 Å². The third-order valence-electron chi connectivity index (χ3n) is 8.57. The van der Waals surface area contributed by atoms with Crippen LogP contribution in [0.2, 0.25) is 19.6 Å². The standard InChI is InChI=1S/C42H31N3SSi/c1-47(2,3)39-20-21-40-41(25-39)46-42(45-40)38-23-36(34-16-12-32(13-17-34)30-8-4-28(26-43)5-9-30)22-37(24-38)35-18-14-33(15-19-35)31-10-6-29(27-44)7-11-31/h4-25H,1-3H3. The molecule has 7 aromatic rings. The van der Waals surface area contributed by atoms with Crippen molar-refractivity contribution in [2.24, 2.45) is 0 Å². The van der Waals surface area contributed by atoms with Crippen LogP contribution in [-0.2, 0) is 0 Å². The Balaban J connectivity index is 1.30. The van der Waals surface area contributed by atoms with E-state index in [1.54, 1.807) is 11.3 Å². The van der Waals surface area contributed by atoms with E-state index in [2.05, 4.69) is 117 Å². The molecule has 0 amide bonds. The van der Waals surface area contributed by atoms with Crippen LogP contribution in [0.4, 0.5) is 0 Å². The van der Waals surface area contributed by atoms with Crippen molar-refractivity contribution in [2.45, 2.75) is 19.6 Å². The molecule has 0 unspecified atom stereocenters. The van der Waals surface area contributed by atoms with Crippen LogP contribution in [0.25, 0.3) is 65.3 Å². The van der Waals surface area contributed by atoms with Crippen LogP contribution in [0, 0.1) is 22.7 Å². The lowest BCUT2D eigenvalue weighted by Crippen LogP contribution is -2.37. The molecule has 0 N–H and O–H groups in total. The lowest BCUT2D eigenvalue weighted by molar-refractivity contribution is 1.47. The fourth-order valence-electron chi connectivity index (χ4n) is 5.78. The van der Waals surface area contributed by atoms with Crippen LogP contribution in [0.15, 0.2) is 133 Å². The van der Waals surface area contributed by atoms with Crippen molar-refractivity contribution < 1.29 is 0 Å². The molecule has 3 nitrogen and oxygen atoms in total. The second kappa shape index (κ2) is 12.3. The Hall–Kier alpha value is -5.59. The van der Waals surface area contributed by atoms with Gasteiger partial charge in [0.05, 0.1) is 41.6 Å². The molecular weight excluding hydrogens is 607 g/mol. The van der Waals surface area contributed by atoms with E-state index in [9.17, 15) is 10.5 Å². The molecule has 1 heterocycles. The molecule has 0 aliphatic rings. The lowest BCUT2D eigenvalue weighted by atomic mass is 9.94. The van der Waals surface area contributed by atoms with E-state index in [-0.39, 0.29) is 0 Å². The zero-order valence-corrected chi connectivity index (χ0v) is 28.3. The third kappa shape index (κ3) is 6.28. The van der Waals surface area contributed by atoms with Gasteiger partial charge < -0.3 is 0 Å². The zero-order chi connectivity index (χ0) is 32.5. The van der Waals surface area contributed by atoms with Gasteiger partial charge in [-0.1, -0.05) is 104 Å². The minimum atomic E-state index is -1.44. The number of rotatable bonds is 6. The van der Waals surface area contributed by atoms with Gasteiger partial charge in [0.1, 0.15) is 5.01 Å². The highest BCUT2D eigenvalue weighted by molar-refractivity contribution is 7.21. The predicted molar refractivity (Wildman–Crippen MR) is 199 cm³/mol. The van der Waals surface area contributed by atoms with Crippen molar-refractivity contribution >= 4 is 34.8 Å². The number of fused-ring (bicyclic) bond motifs is 1. The van der Waals surface area contributed by atoms with Gasteiger partial charge in [-0.05, 0) is 99.1 Å². The molecule has 47 heavy (non-hydrogen) atoms. The largest absolute Gasteiger partial charge is 0.236 e. The molecule has 0 aliphatic carbocycles. The fraction of sp³-hybridized carbons (Fsp3) is 0.0714. The molecule has 0 bridgehead atoms. The molecule has 0 saturated carbocycles. The smallest absolute Gasteiger partial charge is 0.124 e. The van der Waals surface area contributed by atoms with Crippen LogP contribution in [0.3, 0.4) is 0 Å². The molecule has 7 rings (SSSR count). The summed E-state index contributed by atoms with van der Waals surface area (Å²) in [5, 5.41) is 20.8. The van der Waals surface area contributed by atoms with E-state index in [0.29, 0.717) is 11.1 Å². The fourth-order valence-corrected chi connectivity index (χ4v) is 8.04. The summed E-state index contributed by atoms with van der Waals surface area (Å²) >= 11 is 1.76. The first-order chi connectivity index (χ1) is 22.8. The molecule has 5 heteroatoms. The summed E-state index contributed by atoms with van der Waals surface area (Å²) in [4.78, 5) is 5.10. The number of aromatic nitrogens is 1. The monoisotopic (exact) mass is 637 g/mol. The second-order valence-electron chi connectivity index (χ2n) is 12.8. The maximum atomic E-state index is 9.18. The number of hydrogen-bond acceptors (Lipinski definition) is 4. The summed E-state index contributed by atoms with van der Waals surface area (Å²) in [7, 11) is -1.44. The Bertz CT molecular complexity index is 2200. The molecule has 0 saturated heterocycles. The molecule has 0 spiro atoms. The van der Waals surface area contributed by atoms with Crippen LogP contribution in [0.5, 0.6) is 0 Å². The molecule has 0 atom stereocenters. The first kappa shape index (κ1) is 30.1. The van der Waals surface area contributed by atoms with E-state index < -0.39 is 8.07 Å². The normalized spacial score (nSPS) is 11.3. The third-order valence-corrected chi connectivity index (χ3v) is 11.7. The van der Waals surface area contributed by atoms with E-state index in [0.717, 1.165) is 60.6 Å². The average molecular weight is 638 g/mol. The number of benzene rings is 6. The van der Waals surface area contributed by atoms with Gasteiger partial charge in [-0.25, -0.2) is 4.98 Å². The summed E-state index contributed by atoms with van der Waals surface area (Å²) in [6, 6.07) is 50.6. The van der Waals surface area contributed by atoms with E-state index in [4.69, 9.17) is 4.98 Å². The Kier molecular flexibility index (Phi) is 7.88. The number of nitrogens with zero attached hydrogens (tertiary/aromatic N) is 3. The van der Waals surface area contributed by atoms with E-state index >= 15 is 0 Å². The van der Waals surface area contributed by atoms with Crippen molar-refractivity contribution in [1.82, 2.24) is 4.98 Å². The summed E-state index contributed by atoms with van der Waals surface area (Å²) in [6.45, 7) is 7.14. The van der Waals surface area contributed by atoms with Crippen LogP contribution < -0.4 is 5.19 Å². The maximum Gasteiger partial charge on any atom is 0.124 e. The quantitative estimate of drug-likeness (QED) is 0.170. The predicted octanol–water partition coefficient (Wildman–Crippen LogP) is 10.9. The molecule has 0 radical (unpaired) electrons. The number of thiazole rings is 1. The highest BCUT2D eigenvalue weighted by Gasteiger charge is 2.18. The highest BCUT2D eigenvalue weighted by atomic mass is 32.1. The van der Waals surface area contributed by atoms with Crippen LogP contribution in [-0.4, -0.2) is 13.1 Å². The number of nitriles is 2. The minimum Gasteiger partial charge on any atom is -0.236 e. The second-order valence-corrected chi connectivity index (χ2v) is 18.9. The molecule has 1 aromatic heterocycles. The maximum absolute atomic E-state index is 9.18. The molecule has 6 aromatic carbocycles. The molecule has 0 fully saturated rings. The van der Waals surface area contributed by atoms with Crippen molar-refractivity contribution in [3.63, 3.8) is 0 Å². The van der Waals surface area contributed by atoms with Gasteiger partial charge in [0.2, 0.25) is 0 Å². The summed E-state index contributed by atoms with van der Waals surface area (Å²) in [6.07, 6.45) is 0. The average Bonchev–Trinajstić information content (AvgIpc) is 3.55. The lowest BCUT2D eigenvalue weighted by Gasteiger charge is -2.15. The van der Waals surface area contributed by atoms with Gasteiger partial charge in [0.25, 0.3) is 0 Å². The minimum absolute atomic E-state index is 0.659. The zero-order valence-electron chi connectivity index (χ0n) is 26.5. The molecule has 0 aliphatic heterocycles.